The maximum absolute atomic E-state index is 4.00. The summed E-state index contributed by atoms with van der Waals surface area (Å²) >= 11 is 0. The lowest BCUT2D eigenvalue weighted by atomic mass is 10.6. The van der Waals surface area contributed by atoms with Crippen LogP contribution < -0.4 is 0 Å². The van der Waals surface area contributed by atoms with Crippen molar-refractivity contribution in [1.82, 2.24) is 40.4 Å². The van der Waals surface area contributed by atoms with Crippen molar-refractivity contribution in [2.45, 2.75) is 13.5 Å². The first-order chi connectivity index (χ1) is 6.25. The van der Waals surface area contributed by atoms with Crippen LogP contribution in [0.25, 0.3) is 0 Å². The molecular formula is C5H8N8. The van der Waals surface area contributed by atoms with E-state index < -0.39 is 0 Å². The van der Waals surface area contributed by atoms with Crippen LogP contribution in [0.5, 0.6) is 0 Å². The molecule has 0 amide bonds. The van der Waals surface area contributed by atoms with E-state index in [1.54, 1.807) is 11.7 Å². The fourth-order valence-corrected chi connectivity index (χ4v) is 0.916. The molecule has 2 heterocycles. The lowest BCUT2D eigenvalue weighted by molar-refractivity contribution is 0.598. The average molecular weight is 180 g/mol. The Morgan fingerprint density at radius 1 is 1.23 bits per heavy atom. The highest BCUT2D eigenvalue weighted by atomic mass is 15.6. The van der Waals surface area contributed by atoms with E-state index in [1.165, 1.54) is 4.80 Å². The van der Waals surface area contributed by atoms with Gasteiger partial charge in [0.1, 0.15) is 12.4 Å². The van der Waals surface area contributed by atoms with Crippen LogP contribution in [0.1, 0.15) is 11.6 Å². The zero-order valence-electron chi connectivity index (χ0n) is 7.28. The number of aromatic nitrogens is 8. The van der Waals surface area contributed by atoms with Crippen LogP contribution in [0.3, 0.4) is 0 Å². The summed E-state index contributed by atoms with van der Waals surface area (Å²) in [6.07, 6.45) is 0. The fourth-order valence-electron chi connectivity index (χ4n) is 0.916. The SMILES string of the molecule is Cc1nnnn1Cc1nnn(C)n1. The van der Waals surface area contributed by atoms with E-state index in [4.69, 9.17) is 0 Å². The van der Waals surface area contributed by atoms with Crippen molar-refractivity contribution >= 4 is 0 Å². The van der Waals surface area contributed by atoms with Gasteiger partial charge in [0.2, 0.25) is 0 Å². The highest BCUT2D eigenvalue weighted by molar-refractivity contribution is 4.82. The van der Waals surface area contributed by atoms with Gasteiger partial charge in [0.15, 0.2) is 5.82 Å². The summed E-state index contributed by atoms with van der Waals surface area (Å²) in [7, 11) is 1.71. The van der Waals surface area contributed by atoms with E-state index in [0.717, 1.165) is 5.82 Å². The fraction of sp³-hybridized carbons (Fsp3) is 0.600. The number of rotatable bonds is 2. The van der Waals surface area contributed by atoms with Gasteiger partial charge in [-0.25, -0.2) is 4.68 Å². The monoisotopic (exact) mass is 180 g/mol. The summed E-state index contributed by atoms with van der Waals surface area (Å²) in [4.78, 5) is 1.40. The molecule has 68 valence electrons. The molecule has 0 fully saturated rings. The molecular weight excluding hydrogens is 172 g/mol. The van der Waals surface area contributed by atoms with Crippen molar-refractivity contribution in [3.63, 3.8) is 0 Å². The molecule has 2 aromatic rings. The van der Waals surface area contributed by atoms with E-state index >= 15 is 0 Å². The molecule has 8 nitrogen and oxygen atoms in total. The van der Waals surface area contributed by atoms with Gasteiger partial charge >= 0.3 is 0 Å². The molecule has 0 spiro atoms. The normalized spacial score (nSPS) is 10.6. The molecule has 0 saturated heterocycles. The number of hydrogen-bond acceptors (Lipinski definition) is 6. The molecule has 2 rings (SSSR count). The Bertz CT molecular complexity index is 400. The molecule has 0 atom stereocenters. The maximum Gasteiger partial charge on any atom is 0.196 e. The molecule has 0 aliphatic heterocycles. The molecule has 0 aromatic carbocycles. The topological polar surface area (TPSA) is 87.2 Å². The van der Waals surface area contributed by atoms with Crippen LogP contribution in [0, 0.1) is 6.92 Å². The lowest BCUT2D eigenvalue weighted by Crippen LogP contribution is -2.06. The summed E-state index contributed by atoms with van der Waals surface area (Å²) in [5.74, 6) is 1.32. The van der Waals surface area contributed by atoms with Gasteiger partial charge < -0.3 is 0 Å². The standard InChI is InChI=1S/C5H8N8/c1-4-6-9-11-13(4)3-5-7-10-12(2)8-5/h3H2,1-2H3. The Balaban J connectivity index is 2.19. The van der Waals surface area contributed by atoms with Gasteiger partial charge in [0.05, 0.1) is 7.05 Å². The van der Waals surface area contributed by atoms with Crippen molar-refractivity contribution in [2.75, 3.05) is 0 Å². The van der Waals surface area contributed by atoms with Crippen LogP contribution in [0.15, 0.2) is 0 Å². The van der Waals surface area contributed by atoms with Crippen molar-refractivity contribution in [2.24, 2.45) is 7.05 Å². The Morgan fingerprint density at radius 3 is 2.62 bits per heavy atom. The third-order valence-corrected chi connectivity index (χ3v) is 1.55. The quantitative estimate of drug-likeness (QED) is 0.562. The zero-order chi connectivity index (χ0) is 9.26. The molecule has 0 bridgehead atoms. The summed E-state index contributed by atoms with van der Waals surface area (Å²) in [5, 5.41) is 22.5. The second-order valence-electron chi connectivity index (χ2n) is 2.58. The number of tetrazole rings is 2. The minimum Gasteiger partial charge on any atom is -0.222 e. The highest BCUT2D eigenvalue weighted by Gasteiger charge is 2.05. The van der Waals surface area contributed by atoms with Gasteiger partial charge in [0.25, 0.3) is 0 Å². The number of hydrogen-bond donors (Lipinski definition) is 0. The van der Waals surface area contributed by atoms with Crippen molar-refractivity contribution in [1.29, 1.82) is 0 Å². The van der Waals surface area contributed by atoms with Crippen LogP contribution in [-0.2, 0) is 13.6 Å². The maximum atomic E-state index is 4.00. The minimum absolute atomic E-state index is 0.451. The summed E-state index contributed by atoms with van der Waals surface area (Å²) in [6, 6.07) is 0. The van der Waals surface area contributed by atoms with Gasteiger partial charge in [0, 0.05) is 0 Å². The second kappa shape index (κ2) is 2.88. The van der Waals surface area contributed by atoms with Gasteiger partial charge in [-0.05, 0) is 22.6 Å². The van der Waals surface area contributed by atoms with Crippen LogP contribution in [0.2, 0.25) is 0 Å². The van der Waals surface area contributed by atoms with Gasteiger partial charge in [-0.3, -0.25) is 0 Å². The van der Waals surface area contributed by atoms with Crippen LogP contribution >= 0.6 is 0 Å². The molecule has 0 radical (unpaired) electrons. The predicted octanol–water partition coefficient (Wildman–Crippen LogP) is -1.45. The molecule has 0 aliphatic rings. The predicted molar refractivity (Wildman–Crippen MR) is 40.5 cm³/mol. The molecule has 2 aromatic heterocycles. The Morgan fingerprint density at radius 2 is 2.08 bits per heavy atom. The highest BCUT2D eigenvalue weighted by Crippen LogP contribution is 1.93. The van der Waals surface area contributed by atoms with E-state index in [9.17, 15) is 0 Å². The first-order valence-corrected chi connectivity index (χ1v) is 3.71. The summed E-state index contributed by atoms with van der Waals surface area (Å²) in [6.45, 7) is 2.27. The van der Waals surface area contributed by atoms with Crippen molar-refractivity contribution < 1.29 is 0 Å². The first-order valence-electron chi connectivity index (χ1n) is 3.71. The van der Waals surface area contributed by atoms with Gasteiger partial charge in [-0.2, -0.15) is 4.80 Å². The van der Waals surface area contributed by atoms with Gasteiger partial charge in [-0.15, -0.1) is 15.3 Å². The Kier molecular flexibility index (Phi) is 1.72. The van der Waals surface area contributed by atoms with E-state index in [1.807, 2.05) is 6.92 Å². The van der Waals surface area contributed by atoms with Crippen LogP contribution in [-0.4, -0.2) is 40.4 Å². The third-order valence-electron chi connectivity index (χ3n) is 1.55. The van der Waals surface area contributed by atoms with E-state index in [0.29, 0.717) is 12.4 Å². The van der Waals surface area contributed by atoms with E-state index in [2.05, 4.69) is 30.9 Å². The molecule has 0 unspecified atom stereocenters. The smallest absolute Gasteiger partial charge is 0.196 e. The molecule has 0 saturated carbocycles. The third kappa shape index (κ3) is 1.50. The lowest BCUT2D eigenvalue weighted by Gasteiger charge is -1.94. The van der Waals surface area contributed by atoms with E-state index in [-0.39, 0.29) is 0 Å². The first kappa shape index (κ1) is 7.77. The van der Waals surface area contributed by atoms with Gasteiger partial charge in [-0.1, -0.05) is 0 Å². The largest absolute Gasteiger partial charge is 0.222 e. The molecule has 0 N–H and O–H groups in total. The summed E-state index contributed by atoms with van der Waals surface area (Å²) in [5.41, 5.74) is 0. The summed E-state index contributed by atoms with van der Waals surface area (Å²) < 4.78 is 1.61. The van der Waals surface area contributed by atoms with Crippen molar-refractivity contribution in [3.05, 3.63) is 11.6 Å². The molecule has 13 heavy (non-hydrogen) atoms. The average Bonchev–Trinajstić information content (AvgIpc) is 2.64. The number of nitrogens with zero attached hydrogens (tertiary/aromatic N) is 8. The zero-order valence-corrected chi connectivity index (χ0v) is 7.28. The van der Waals surface area contributed by atoms with Crippen LogP contribution in [0.4, 0.5) is 0 Å². The van der Waals surface area contributed by atoms with Crippen molar-refractivity contribution in [3.8, 4) is 0 Å². The Hall–Kier alpha value is -1.86. The minimum atomic E-state index is 0.451. The molecule has 8 heteroatoms. The molecule has 0 aliphatic carbocycles. The number of aryl methyl sites for hydroxylation is 2. The second-order valence-corrected chi connectivity index (χ2v) is 2.58. The Labute approximate surface area is 73.6 Å².